The lowest BCUT2D eigenvalue weighted by Crippen LogP contribution is -2.15. The number of nitrogens with zero attached hydrogens (tertiary/aromatic N) is 4. The van der Waals surface area contributed by atoms with Gasteiger partial charge in [-0.2, -0.15) is 4.68 Å². The van der Waals surface area contributed by atoms with Crippen molar-refractivity contribution in [3.63, 3.8) is 0 Å². The number of nitrogens with one attached hydrogen (secondary N) is 1. The number of alkyl halides is 1. The number of para-hydroxylation sites is 1. The maximum atomic E-state index is 5.71. The summed E-state index contributed by atoms with van der Waals surface area (Å²) in [6.07, 6.45) is 0.974. The number of aromatic nitrogens is 4. The Balaban J connectivity index is 2.05. The van der Waals surface area contributed by atoms with Crippen LogP contribution in [0.5, 0.6) is 0 Å². The van der Waals surface area contributed by atoms with Crippen LogP contribution >= 0.6 is 11.6 Å². The Bertz CT molecular complexity index is 470. The molecule has 0 aliphatic heterocycles. The van der Waals surface area contributed by atoms with Gasteiger partial charge in [0, 0.05) is 12.4 Å². The number of rotatable bonds is 6. The molecule has 0 fully saturated rings. The van der Waals surface area contributed by atoms with E-state index in [0.717, 1.165) is 18.7 Å². The summed E-state index contributed by atoms with van der Waals surface area (Å²) >= 11 is 5.71. The van der Waals surface area contributed by atoms with Crippen molar-refractivity contribution in [1.82, 2.24) is 20.2 Å². The first-order valence-electron chi connectivity index (χ1n) is 5.95. The zero-order chi connectivity index (χ0) is 12.8. The Hall–Kier alpha value is -1.62. The molecule has 0 spiro atoms. The zero-order valence-corrected chi connectivity index (χ0v) is 11.0. The molecule has 96 valence electrons. The van der Waals surface area contributed by atoms with Gasteiger partial charge in [0.2, 0.25) is 5.95 Å². The van der Waals surface area contributed by atoms with E-state index in [1.165, 1.54) is 0 Å². The number of hydrogen-bond acceptors (Lipinski definition) is 4. The highest BCUT2D eigenvalue weighted by atomic mass is 35.5. The lowest BCUT2D eigenvalue weighted by atomic mass is 10.1. The molecule has 0 bridgehead atoms. The third-order valence-electron chi connectivity index (χ3n) is 2.68. The lowest BCUT2D eigenvalue weighted by molar-refractivity contribution is 0.593. The molecule has 0 aliphatic rings. The Morgan fingerprint density at radius 1 is 1.33 bits per heavy atom. The van der Waals surface area contributed by atoms with E-state index in [1.54, 1.807) is 4.68 Å². The maximum Gasteiger partial charge on any atom is 0.247 e. The Morgan fingerprint density at radius 3 is 2.83 bits per heavy atom. The first-order valence-corrected chi connectivity index (χ1v) is 6.48. The highest BCUT2D eigenvalue weighted by molar-refractivity contribution is 6.17. The second-order valence-electron chi connectivity index (χ2n) is 4.21. The predicted octanol–water partition coefficient (Wildman–Crippen LogP) is 2.34. The standard InChI is InChI=1S/C12H16ClN5/c1-10(7-8-13)9-14-12-15-16-17-18(12)11-5-3-2-4-6-11/h2-6,10H,7-9H2,1H3,(H,14,15,17). The molecule has 1 aromatic heterocycles. The summed E-state index contributed by atoms with van der Waals surface area (Å²) in [6, 6.07) is 9.80. The number of anilines is 1. The minimum Gasteiger partial charge on any atom is -0.352 e. The fourth-order valence-electron chi connectivity index (χ4n) is 1.59. The summed E-state index contributed by atoms with van der Waals surface area (Å²) in [6.45, 7) is 2.95. The minimum atomic E-state index is 0.489. The maximum absolute atomic E-state index is 5.71. The highest BCUT2D eigenvalue weighted by Crippen LogP contribution is 2.11. The summed E-state index contributed by atoms with van der Waals surface area (Å²) in [5, 5.41) is 14.9. The molecule has 2 rings (SSSR count). The summed E-state index contributed by atoms with van der Waals surface area (Å²) in [7, 11) is 0. The van der Waals surface area contributed by atoms with Gasteiger partial charge in [-0.15, -0.1) is 11.6 Å². The summed E-state index contributed by atoms with van der Waals surface area (Å²) in [5.74, 6) is 1.82. The zero-order valence-electron chi connectivity index (χ0n) is 10.3. The molecule has 1 heterocycles. The second-order valence-corrected chi connectivity index (χ2v) is 4.59. The molecular weight excluding hydrogens is 250 g/mol. The molecule has 1 atom stereocenters. The van der Waals surface area contributed by atoms with E-state index in [4.69, 9.17) is 11.6 Å². The van der Waals surface area contributed by atoms with Gasteiger partial charge < -0.3 is 5.32 Å². The number of benzene rings is 1. The van der Waals surface area contributed by atoms with E-state index < -0.39 is 0 Å². The topological polar surface area (TPSA) is 55.6 Å². The van der Waals surface area contributed by atoms with Crippen LogP contribution in [0.4, 0.5) is 5.95 Å². The summed E-state index contributed by atoms with van der Waals surface area (Å²) < 4.78 is 1.69. The van der Waals surface area contributed by atoms with Crippen molar-refractivity contribution in [2.45, 2.75) is 13.3 Å². The average molecular weight is 266 g/mol. The molecule has 0 saturated heterocycles. The van der Waals surface area contributed by atoms with Gasteiger partial charge in [-0.25, -0.2) is 0 Å². The smallest absolute Gasteiger partial charge is 0.247 e. The molecule has 1 N–H and O–H groups in total. The van der Waals surface area contributed by atoms with Crippen molar-refractivity contribution in [2.75, 3.05) is 17.7 Å². The van der Waals surface area contributed by atoms with Crippen LogP contribution in [-0.2, 0) is 0 Å². The number of hydrogen-bond donors (Lipinski definition) is 1. The monoisotopic (exact) mass is 265 g/mol. The van der Waals surface area contributed by atoms with Gasteiger partial charge in [0.1, 0.15) is 0 Å². The molecule has 18 heavy (non-hydrogen) atoms. The predicted molar refractivity (Wildman–Crippen MR) is 72.1 cm³/mol. The van der Waals surface area contributed by atoms with Crippen molar-refractivity contribution in [3.8, 4) is 5.69 Å². The van der Waals surface area contributed by atoms with Gasteiger partial charge in [0.15, 0.2) is 0 Å². The van der Waals surface area contributed by atoms with Gasteiger partial charge in [-0.05, 0) is 34.9 Å². The van der Waals surface area contributed by atoms with Crippen LogP contribution in [0.1, 0.15) is 13.3 Å². The molecule has 1 unspecified atom stereocenters. The van der Waals surface area contributed by atoms with Crippen LogP contribution in [0.3, 0.4) is 0 Å². The van der Waals surface area contributed by atoms with Crippen molar-refractivity contribution in [3.05, 3.63) is 30.3 Å². The van der Waals surface area contributed by atoms with E-state index >= 15 is 0 Å². The van der Waals surface area contributed by atoms with Crippen LogP contribution in [-0.4, -0.2) is 32.6 Å². The Morgan fingerprint density at radius 2 is 2.11 bits per heavy atom. The van der Waals surface area contributed by atoms with Crippen molar-refractivity contribution < 1.29 is 0 Å². The molecule has 2 aromatic rings. The molecule has 6 heteroatoms. The van der Waals surface area contributed by atoms with Crippen molar-refractivity contribution in [1.29, 1.82) is 0 Å². The Labute approximate surface area is 111 Å². The largest absolute Gasteiger partial charge is 0.352 e. The van der Waals surface area contributed by atoms with Crippen LogP contribution in [0.25, 0.3) is 5.69 Å². The molecule has 0 radical (unpaired) electrons. The van der Waals surface area contributed by atoms with Crippen LogP contribution in [0.15, 0.2) is 30.3 Å². The van der Waals surface area contributed by atoms with Gasteiger partial charge in [0.05, 0.1) is 5.69 Å². The van der Waals surface area contributed by atoms with Gasteiger partial charge in [-0.3, -0.25) is 0 Å². The molecule has 0 saturated carbocycles. The third kappa shape index (κ3) is 3.20. The van der Waals surface area contributed by atoms with Crippen LogP contribution < -0.4 is 5.32 Å². The van der Waals surface area contributed by atoms with Gasteiger partial charge >= 0.3 is 0 Å². The molecule has 0 aliphatic carbocycles. The van der Waals surface area contributed by atoms with Crippen LogP contribution in [0, 0.1) is 5.92 Å². The summed E-state index contributed by atoms with van der Waals surface area (Å²) in [5.41, 5.74) is 0.940. The lowest BCUT2D eigenvalue weighted by Gasteiger charge is -2.11. The van der Waals surface area contributed by atoms with Crippen molar-refractivity contribution in [2.24, 2.45) is 5.92 Å². The fourth-order valence-corrected chi connectivity index (χ4v) is 1.97. The quantitative estimate of drug-likeness (QED) is 0.815. The summed E-state index contributed by atoms with van der Waals surface area (Å²) in [4.78, 5) is 0. The van der Waals surface area contributed by atoms with Crippen molar-refractivity contribution >= 4 is 17.5 Å². The molecule has 5 nitrogen and oxygen atoms in total. The normalized spacial score (nSPS) is 12.3. The van der Waals surface area contributed by atoms with E-state index in [0.29, 0.717) is 17.7 Å². The van der Waals surface area contributed by atoms with E-state index in [2.05, 4.69) is 27.8 Å². The van der Waals surface area contributed by atoms with E-state index in [9.17, 15) is 0 Å². The minimum absolute atomic E-state index is 0.489. The van der Waals surface area contributed by atoms with E-state index in [1.807, 2.05) is 30.3 Å². The van der Waals surface area contributed by atoms with Gasteiger partial charge in [-0.1, -0.05) is 30.2 Å². The third-order valence-corrected chi connectivity index (χ3v) is 2.90. The average Bonchev–Trinajstić information content (AvgIpc) is 2.86. The first kappa shape index (κ1) is 12.8. The van der Waals surface area contributed by atoms with Gasteiger partial charge in [0.25, 0.3) is 0 Å². The first-order chi connectivity index (χ1) is 8.81. The number of tetrazole rings is 1. The fraction of sp³-hybridized carbons (Fsp3) is 0.417. The molecular formula is C12H16ClN5. The SMILES string of the molecule is CC(CCCl)CNc1nnnn1-c1ccccc1. The molecule has 0 amide bonds. The van der Waals surface area contributed by atoms with E-state index in [-0.39, 0.29) is 0 Å². The Kier molecular flexibility index (Phi) is 4.52. The number of halogens is 1. The van der Waals surface area contributed by atoms with Crippen LogP contribution in [0.2, 0.25) is 0 Å². The highest BCUT2D eigenvalue weighted by Gasteiger charge is 2.08. The second kappa shape index (κ2) is 6.35. The molecule has 1 aromatic carbocycles.